The molecular weight excluding hydrogens is 288 g/mol. The van der Waals surface area contributed by atoms with Crippen molar-refractivity contribution in [2.75, 3.05) is 5.73 Å². The van der Waals surface area contributed by atoms with Gasteiger partial charge in [0.15, 0.2) is 5.78 Å². The number of nitrogens with two attached hydrogens (primary N) is 1. The molecule has 0 saturated heterocycles. The highest BCUT2D eigenvalue weighted by atomic mass is 35.5. The minimum Gasteiger partial charge on any atom is -0.398 e. The fourth-order valence-electron chi connectivity index (χ4n) is 1.70. The lowest BCUT2D eigenvalue weighted by molar-refractivity contribution is 0.0993. The number of hydrogen-bond acceptors (Lipinski definition) is 2. The van der Waals surface area contributed by atoms with Gasteiger partial charge in [-0.05, 0) is 29.8 Å². The quantitative estimate of drug-likeness (QED) is 0.683. The maximum atomic E-state index is 12.8. The first-order valence-corrected chi connectivity index (χ1v) is 6.25. The van der Waals surface area contributed by atoms with Gasteiger partial charge < -0.3 is 5.73 Å². The van der Waals surface area contributed by atoms with Gasteiger partial charge in [0.25, 0.3) is 0 Å². The van der Waals surface area contributed by atoms with Crippen LogP contribution < -0.4 is 5.73 Å². The Bertz CT molecular complexity index is 626. The van der Waals surface area contributed by atoms with Crippen molar-refractivity contribution in [3.05, 3.63) is 63.4 Å². The second-order valence-corrected chi connectivity index (χ2v) is 4.84. The summed E-state index contributed by atoms with van der Waals surface area (Å²) in [5, 5.41) is 0.408. The first-order valence-electron chi connectivity index (χ1n) is 5.50. The Morgan fingerprint density at radius 3 is 2.37 bits per heavy atom. The zero-order chi connectivity index (χ0) is 14.0. The standard InChI is InChI=1S/C14H10Cl2FNO/c15-10-5-6-11(18)14(16)13(10)12(19)7-8-1-3-9(17)4-2-8/h1-6H,7,18H2. The molecule has 0 heterocycles. The zero-order valence-corrected chi connectivity index (χ0v) is 11.3. The van der Waals surface area contributed by atoms with Crippen LogP contribution in [-0.4, -0.2) is 5.78 Å². The third-order valence-electron chi connectivity index (χ3n) is 2.68. The molecule has 0 aliphatic heterocycles. The summed E-state index contributed by atoms with van der Waals surface area (Å²) in [5.74, 6) is -0.606. The first kappa shape index (κ1) is 13.8. The zero-order valence-electron chi connectivity index (χ0n) is 9.79. The second-order valence-electron chi connectivity index (χ2n) is 4.05. The van der Waals surface area contributed by atoms with Crippen LogP contribution in [0.15, 0.2) is 36.4 Å². The van der Waals surface area contributed by atoms with Crippen LogP contribution in [0.2, 0.25) is 10.0 Å². The van der Waals surface area contributed by atoms with Gasteiger partial charge in [0, 0.05) is 6.42 Å². The smallest absolute Gasteiger partial charge is 0.170 e. The van der Waals surface area contributed by atoms with Crippen molar-refractivity contribution in [1.29, 1.82) is 0 Å². The molecular formula is C14H10Cl2FNO. The van der Waals surface area contributed by atoms with E-state index < -0.39 is 0 Å². The molecule has 2 nitrogen and oxygen atoms in total. The molecule has 0 unspecified atom stereocenters. The molecule has 2 aromatic carbocycles. The van der Waals surface area contributed by atoms with E-state index in [1.54, 1.807) is 18.2 Å². The fraction of sp³-hybridized carbons (Fsp3) is 0.0714. The van der Waals surface area contributed by atoms with Crippen LogP contribution in [0.3, 0.4) is 0 Å². The molecule has 2 rings (SSSR count). The maximum absolute atomic E-state index is 12.8. The maximum Gasteiger partial charge on any atom is 0.170 e. The first-order chi connectivity index (χ1) is 8.99. The van der Waals surface area contributed by atoms with E-state index in [2.05, 4.69) is 0 Å². The number of benzene rings is 2. The lowest BCUT2D eigenvalue weighted by atomic mass is 10.0. The minimum atomic E-state index is -0.351. The average Bonchev–Trinajstić information content (AvgIpc) is 2.37. The molecule has 0 amide bonds. The molecule has 0 saturated carbocycles. The molecule has 0 spiro atoms. The van der Waals surface area contributed by atoms with Crippen molar-refractivity contribution in [2.45, 2.75) is 6.42 Å². The Hall–Kier alpha value is -1.58. The summed E-state index contributed by atoms with van der Waals surface area (Å²) >= 11 is 12.0. The summed E-state index contributed by atoms with van der Waals surface area (Å²) in [5.41, 5.74) is 6.83. The Morgan fingerprint density at radius 1 is 1.11 bits per heavy atom. The van der Waals surface area contributed by atoms with Crippen molar-refractivity contribution < 1.29 is 9.18 Å². The van der Waals surface area contributed by atoms with Crippen molar-refractivity contribution >= 4 is 34.7 Å². The van der Waals surface area contributed by atoms with Gasteiger partial charge >= 0.3 is 0 Å². The molecule has 0 radical (unpaired) electrons. The molecule has 2 N–H and O–H groups in total. The van der Waals surface area contributed by atoms with E-state index in [-0.39, 0.29) is 33.6 Å². The molecule has 5 heteroatoms. The monoisotopic (exact) mass is 297 g/mol. The molecule has 0 aliphatic carbocycles. The lowest BCUT2D eigenvalue weighted by Gasteiger charge is -2.08. The predicted octanol–water partition coefficient (Wildman–Crippen LogP) is 4.14. The van der Waals surface area contributed by atoms with E-state index in [1.807, 2.05) is 0 Å². The SMILES string of the molecule is Nc1ccc(Cl)c(C(=O)Cc2ccc(F)cc2)c1Cl. The topological polar surface area (TPSA) is 43.1 Å². The van der Waals surface area contributed by atoms with Crippen molar-refractivity contribution in [3.8, 4) is 0 Å². The summed E-state index contributed by atoms with van der Waals surface area (Å²) in [6.07, 6.45) is 0.0865. The van der Waals surface area contributed by atoms with Crippen LogP contribution in [0.5, 0.6) is 0 Å². The van der Waals surface area contributed by atoms with E-state index >= 15 is 0 Å². The van der Waals surface area contributed by atoms with Crippen LogP contribution in [0.25, 0.3) is 0 Å². The van der Waals surface area contributed by atoms with Gasteiger partial charge in [-0.2, -0.15) is 0 Å². The molecule has 98 valence electrons. The Kier molecular flexibility index (Phi) is 4.08. The van der Waals surface area contributed by atoms with E-state index in [9.17, 15) is 9.18 Å². The number of rotatable bonds is 3. The van der Waals surface area contributed by atoms with E-state index in [1.165, 1.54) is 18.2 Å². The highest BCUT2D eigenvalue weighted by Gasteiger charge is 2.17. The Morgan fingerprint density at radius 2 is 1.74 bits per heavy atom. The number of carbonyl (C=O) groups excluding carboxylic acids is 1. The van der Waals surface area contributed by atoms with Crippen LogP contribution in [0.1, 0.15) is 15.9 Å². The number of halogens is 3. The largest absolute Gasteiger partial charge is 0.398 e. The van der Waals surface area contributed by atoms with Crippen LogP contribution in [0, 0.1) is 5.82 Å². The number of nitrogen functional groups attached to an aromatic ring is 1. The molecule has 0 aromatic heterocycles. The van der Waals surface area contributed by atoms with Crippen molar-refractivity contribution in [2.24, 2.45) is 0 Å². The van der Waals surface area contributed by atoms with Gasteiger partial charge in [-0.1, -0.05) is 35.3 Å². The van der Waals surface area contributed by atoms with Crippen LogP contribution in [-0.2, 0) is 6.42 Å². The molecule has 0 aliphatic rings. The van der Waals surface area contributed by atoms with Gasteiger partial charge in [0.1, 0.15) is 5.82 Å². The fourth-order valence-corrected chi connectivity index (χ4v) is 2.28. The van der Waals surface area contributed by atoms with Crippen molar-refractivity contribution in [1.82, 2.24) is 0 Å². The molecule has 19 heavy (non-hydrogen) atoms. The predicted molar refractivity (Wildman–Crippen MR) is 75.3 cm³/mol. The molecule has 0 bridgehead atoms. The number of ketones is 1. The number of hydrogen-bond donors (Lipinski definition) is 1. The van der Waals surface area contributed by atoms with Gasteiger partial charge in [0.2, 0.25) is 0 Å². The Labute approximate surface area is 119 Å². The normalized spacial score (nSPS) is 10.5. The highest BCUT2D eigenvalue weighted by molar-refractivity contribution is 6.41. The van der Waals surface area contributed by atoms with E-state index in [4.69, 9.17) is 28.9 Å². The van der Waals surface area contributed by atoms with Gasteiger partial charge in [0.05, 0.1) is 21.3 Å². The number of anilines is 1. The summed E-state index contributed by atoms with van der Waals surface area (Å²) in [6.45, 7) is 0. The van der Waals surface area contributed by atoms with Gasteiger partial charge in [-0.3, -0.25) is 4.79 Å². The number of carbonyl (C=O) groups is 1. The van der Waals surface area contributed by atoms with Gasteiger partial charge in [-0.25, -0.2) is 4.39 Å². The molecule has 0 fully saturated rings. The third kappa shape index (κ3) is 3.06. The summed E-state index contributed by atoms with van der Waals surface area (Å²) in [4.78, 5) is 12.2. The third-order valence-corrected chi connectivity index (χ3v) is 3.40. The number of Topliss-reactive ketones (excluding diaryl/α,β-unsaturated/α-hetero) is 1. The molecule has 0 atom stereocenters. The average molecular weight is 298 g/mol. The van der Waals surface area contributed by atoms with Crippen LogP contribution in [0.4, 0.5) is 10.1 Å². The van der Waals surface area contributed by atoms with E-state index in [0.29, 0.717) is 11.3 Å². The Balaban J connectivity index is 2.30. The van der Waals surface area contributed by atoms with Crippen LogP contribution >= 0.6 is 23.2 Å². The van der Waals surface area contributed by atoms with E-state index in [0.717, 1.165) is 0 Å². The highest BCUT2D eigenvalue weighted by Crippen LogP contribution is 2.30. The second kappa shape index (κ2) is 5.59. The van der Waals surface area contributed by atoms with Gasteiger partial charge in [-0.15, -0.1) is 0 Å². The molecule has 2 aromatic rings. The summed E-state index contributed by atoms with van der Waals surface area (Å²) in [7, 11) is 0. The minimum absolute atomic E-state index is 0.0865. The van der Waals surface area contributed by atoms with Crippen molar-refractivity contribution in [3.63, 3.8) is 0 Å². The summed E-state index contributed by atoms with van der Waals surface area (Å²) in [6, 6.07) is 8.75. The lowest BCUT2D eigenvalue weighted by Crippen LogP contribution is -2.06. The summed E-state index contributed by atoms with van der Waals surface area (Å²) < 4.78 is 12.8.